The number of carboxylic acid groups (broad SMARTS) is 1. The fraction of sp³-hybridized carbons (Fsp3) is 0.429. The number of anilines is 1. The minimum atomic E-state index is -1.09. The van der Waals surface area contributed by atoms with E-state index in [1.165, 1.54) is 31.0 Å². The van der Waals surface area contributed by atoms with Gasteiger partial charge in [-0.05, 0) is 42.9 Å². The molecule has 1 saturated carbocycles. The molecular formula is C14H17ClN2O3. The summed E-state index contributed by atoms with van der Waals surface area (Å²) in [5.74, 6) is 0.127. The first-order chi connectivity index (χ1) is 9.47. The van der Waals surface area contributed by atoms with Crippen LogP contribution in [0.3, 0.4) is 0 Å². The second kappa shape index (κ2) is 6.13. The zero-order chi connectivity index (χ0) is 14.7. The number of carboxylic acids is 1. The highest BCUT2D eigenvalue weighted by molar-refractivity contribution is 6.33. The molecule has 2 rings (SSSR count). The van der Waals surface area contributed by atoms with Crippen molar-refractivity contribution in [2.24, 2.45) is 11.8 Å². The van der Waals surface area contributed by atoms with Gasteiger partial charge >= 0.3 is 12.0 Å². The molecule has 0 saturated heterocycles. The van der Waals surface area contributed by atoms with E-state index in [0.717, 1.165) is 5.92 Å². The van der Waals surface area contributed by atoms with E-state index in [9.17, 15) is 9.59 Å². The Bertz CT molecular complexity index is 529. The van der Waals surface area contributed by atoms with Crippen LogP contribution in [0.4, 0.5) is 10.5 Å². The monoisotopic (exact) mass is 296 g/mol. The SMILES string of the molecule is CC(CNC(=O)Nc1ccc(C(=O)O)c(Cl)c1)C1CC1. The summed E-state index contributed by atoms with van der Waals surface area (Å²) in [4.78, 5) is 22.5. The van der Waals surface area contributed by atoms with Crippen LogP contribution in [0.1, 0.15) is 30.1 Å². The van der Waals surface area contributed by atoms with Gasteiger partial charge in [-0.1, -0.05) is 18.5 Å². The van der Waals surface area contributed by atoms with Crippen molar-refractivity contribution in [3.05, 3.63) is 28.8 Å². The minimum Gasteiger partial charge on any atom is -0.478 e. The van der Waals surface area contributed by atoms with Crippen molar-refractivity contribution in [3.8, 4) is 0 Å². The second-order valence-electron chi connectivity index (χ2n) is 5.15. The van der Waals surface area contributed by atoms with Crippen LogP contribution in [0.5, 0.6) is 0 Å². The van der Waals surface area contributed by atoms with E-state index < -0.39 is 5.97 Å². The topological polar surface area (TPSA) is 78.4 Å². The Morgan fingerprint density at radius 3 is 2.70 bits per heavy atom. The Morgan fingerprint density at radius 1 is 1.45 bits per heavy atom. The van der Waals surface area contributed by atoms with E-state index in [4.69, 9.17) is 16.7 Å². The van der Waals surface area contributed by atoms with Crippen molar-refractivity contribution in [2.75, 3.05) is 11.9 Å². The van der Waals surface area contributed by atoms with Crippen molar-refractivity contribution < 1.29 is 14.7 Å². The molecule has 0 aliphatic heterocycles. The lowest BCUT2D eigenvalue weighted by Crippen LogP contribution is -2.32. The molecule has 0 radical (unpaired) electrons. The van der Waals surface area contributed by atoms with Gasteiger partial charge in [-0.2, -0.15) is 0 Å². The van der Waals surface area contributed by atoms with Crippen LogP contribution < -0.4 is 10.6 Å². The number of amides is 2. The van der Waals surface area contributed by atoms with E-state index in [1.807, 2.05) is 0 Å². The summed E-state index contributed by atoms with van der Waals surface area (Å²) in [6.45, 7) is 2.76. The van der Waals surface area contributed by atoms with Gasteiger partial charge in [0.2, 0.25) is 0 Å². The fourth-order valence-electron chi connectivity index (χ4n) is 2.03. The maximum Gasteiger partial charge on any atom is 0.337 e. The first-order valence-corrected chi connectivity index (χ1v) is 6.93. The third-order valence-electron chi connectivity index (χ3n) is 3.47. The maximum absolute atomic E-state index is 11.7. The van der Waals surface area contributed by atoms with Gasteiger partial charge in [0.05, 0.1) is 10.6 Å². The van der Waals surface area contributed by atoms with Gasteiger partial charge in [-0.3, -0.25) is 0 Å². The van der Waals surface area contributed by atoms with Crippen LogP contribution in [0, 0.1) is 11.8 Å². The number of hydrogen-bond donors (Lipinski definition) is 3. The van der Waals surface area contributed by atoms with E-state index in [-0.39, 0.29) is 16.6 Å². The lowest BCUT2D eigenvalue weighted by atomic mass is 10.1. The highest BCUT2D eigenvalue weighted by Crippen LogP contribution is 2.36. The molecule has 1 aromatic rings. The van der Waals surface area contributed by atoms with Crippen LogP contribution in [-0.2, 0) is 0 Å². The summed E-state index contributed by atoms with van der Waals surface area (Å²) in [6, 6.07) is 4.00. The Morgan fingerprint density at radius 2 is 2.15 bits per heavy atom. The molecule has 20 heavy (non-hydrogen) atoms. The summed E-state index contributed by atoms with van der Waals surface area (Å²) in [7, 11) is 0. The van der Waals surface area contributed by atoms with Gasteiger partial charge in [0.1, 0.15) is 0 Å². The molecule has 1 aliphatic carbocycles. The lowest BCUT2D eigenvalue weighted by Gasteiger charge is -2.12. The van der Waals surface area contributed by atoms with E-state index >= 15 is 0 Å². The number of aromatic carboxylic acids is 1. The number of hydrogen-bond acceptors (Lipinski definition) is 2. The van der Waals surface area contributed by atoms with Gasteiger partial charge in [0, 0.05) is 12.2 Å². The summed E-state index contributed by atoms with van der Waals surface area (Å²) >= 11 is 5.83. The Labute approximate surface area is 122 Å². The number of nitrogens with one attached hydrogen (secondary N) is 2. The predicted octanol–water partition coefficient (Wildman–Crippen LogP) is 3.21. The first-order valence-electron chi connectivity index (χ1n) is 6.55. The van der Waals surface area contributed by atoms with Crippen LogP contribution in [0.25, 0.3) is 0 Å². The van der Waals surface area contributed by atoms with Gasteiger partial charge < -0.3 is 15.7 Å². The van der Waals surface area contributed by atoms with Gasteiger partial charge in [-0.25, -0.2) is 9.59 Å². The largest absolute Gasteiger partial charge is 0.478 e. The van der Waals surface area contributed by atoms with Crippen molar-refractivity contribution in [1.82, 2.24) is 5.32 Å². The number of benzene rings is 1. The molecule has 6 heteroatoms. The number of carbonyl (C=O) groups is 2. The molecule has 0 spiro atoms. The standard InChI is InChI=1S/C14H17ClN2O3/c1-8(9-2-3-9)7-16-14(20)17-10-4-5-11(13(18)19)12(15)6-10/h4-6,8-9H,2-3,7H2,1H3,(H,18,19)(H2,16,17,20). The molecular weight excluding hydrogens is 280 g/mol. The highest BCUT2D eigenvalue weighted by atomic mass is 35.5. The molecule has 2 amide bonds. The van der Waals surface area contributed by atoms with Crippen LogP contribution in [0.15, 0.2) is 18.2 Å². The maximum atomic E-state index is 11.7. The molecule has 1 aliphatic rings. The molecule has 3 N–H and O–H groups in total. The van der Waals surface area contributed by atoms with Crippen molar-refractivity contribution in [1.29, 1.82) is 0 Å². The van der Waals surface area contributed by atoms with Gasteiger partial charge in [0.15, 0.2) is 0 Å². The quantitative estimate of drug-likeness (QED) is 0.780. The van der Waals surface area contributed by atoms with E-state index in [1.54, 1.807) is 0 Å². The fourth-order valence-corrected chi connectivity index (χ4v) is 2.29. The van der Waals surface area contributed by atoms with Crippen molar-refractivity contribution >= 4 is 29.3 Å². The molecule has 1 aromatic carbocycles. The summed E-state index contributed by atoms with van der Waals surface area (Å²) < 4.78 is 0. The second-order valence-corrected chi connectivity index (χ2v) is 5.56. The van der Waals surface area contributed by atoms with Crippen LogP contribution in [0.2, 0.25) is 5.02 Å². The predicted molar refractivity (Wildman–Crippen MR) is 77.3 cm³/mol. The van der Waals surface area contributed by atoms with Crippen molar-refractivity contribution in [2.45, 2.75) is 19.8 Å². The number of rotatable bonds is 5. The average molecular weight is 297 g/mol. The minimum absolute atomic E-state index is 0.0139. The van der Waals surface area contributed by atoms with Crippen molar-refractivity contribution in [3.63, 3.8) is 0 Å². The molecule has 0 aromatic heterocycles. The number of urea groups is 1. The summed E-state index contributed by atoms with van der Waals surface area (Å²) in [6.07, 6.45) is 2.49. The Hall–Kier alpha value is -1.75. The highest BCUT2D eigenvalue weighted by Gasteiger charge is 2.27. The number of carbonyl (C=O) groups excluding carboxylic acids is 1. The third kappa shape index (κ3) is 3.87. The summed E-state index contributed by atoms with van der Waals surface area (Å²) in [5, 5.41) is 14.4. The smallest absolute Gasteiger partial charge is 0.337 e. The first kappa shape index (κ1) is 14.7. The molecule has 5 nitrogen and oxygen atoms in total. The Kier molecular flexibility index (Phi) is 4.49. The van der Waals surface area contributed by atoms with E-state index in [0.29, 0.717) is 18.2 Å². The Balaban J connectivity index is 1.87. The summed E-state index contributed by atoms with van der Waals surface area (Å²) in [5.41, 5.74) is 0.483. The molecule has 1 unspecified atom stereocenters. The van der Waals surface area contributed by atoms with Gasteiger partial charge in [-0.15, -0.1) is 0 Å². The number of halogens is 1. The molecule has 0 bridgehead atoms. The van der Waals surface area contributed by atoms with Gasteiger partial charge in [0.25, 0.3) is 0 Å². The molecule has 1 atom stereocenters. The average Bonchev–Trinajstić information content (AvgIpc) is 3.19. The lowest BCUT2D eigenvalue weighted by molar-refractivity contribution is 0.0697. The van der Waals surface area contributed by atoms with Crippen LogP contribution >= 0.6 is 11.6 Å². The normalized spacial score (nSPS) is 15.5. The molecule has 108 valence electrons. The molecule has 1 fully saturated rings. The van der Waals surface area contributed by atoms with E-state index in [2.05, 4.69) is 17.6 Å². The molecule has 0 heterocycles. The zero-order valence-electron chi connectivity index (χ0n) is 11.1. The third-order valence-corrected chi connectivity index (χ3v) is 3.78. The zero-order valence-corrected chi connectivity index (χ0v) is 11.9. The van der Waals surface area contributed by atoms with Crippen LogP contribution in [-0.4, -0.2) is 23.7 Å².